The van der Waals surface area contributed by atoms with Crippen LogP contribution in [0.3, 0.4) is 0 Å². The highest BCUT2D eigenvalue weighted by atomic mass is 16.5. The van der Waals surface area contributed by atoms with E-state index in [0.717, 1.165) is 5.56 Å². The lowest BCUT2D eigenvalue weighted by Crippen LogP contribution is -2.40. The van der Waals surface area contributed by atoms with Gasteiger partial charge in [0, 0.05) is 19.3 Å². The molecular weight excluding hydrogens is 272 g/mol. The summed E-state index contributed by atoms with van der Waals surface area (Å²) in [6.45, 7) is 3.73. The van der Waals surface area contributed by atoms with Gasteiger partial charge in [0.1, 0.15) is 0 Å². The van der Waals surface area contributed by atoms with Crippen molar-refractivity contribution in [2.75, 3.05) is 25.6 Å². The molecule has 3 N–H and O–H groups in total. The van der Waals surface area contributed by atoms with Gasteiger partial charge in [0.05, 0.1) is 12.0 Å². The molecule has 0 aromatic heterocycles. The molecule has 1 aromatic carbocycles. The Balaban J connectivity index is 2.61. The number of carbonyl (C=O) groups is 2. The molecule has 0 aliphatic heterocycles. The molecule has 0 aliphatic carbocycles. The van der Waals surface area contributed by atoms with Crippen molar-refractivity contribution in [1.29, 1.82) is 0 Å². The molecule has 0 spiro atoms. The van der Waals surface area contributed by atoms with Gasteiger partial charge in [-0.2, -0.15) is 0 Å². The molecule has 2 amide bonds. The maximum atomic E-state index is 11.9. The Hall–Kier alpha value is -2.08. The van der Waals surface area contributed by atoms with E-state index in [9.17, 15) is 9.59 Å². The van der Waals surface area contributed by atoms with Crippen LogP contribution in [0.4, 0.5) is 10.5 Å². The van der Waals surface area contributed by atoms with E-state index in [2.05, 4.69) is 10.6 Å². The van der Waals surface area contributed by atoms with Crippen molar-refractivity contribution in [2.45, 2.75) is 20.3 Å². The van der Waals surface area contributed by atoms with Crippen molar-refractivity contribution in [3.05, 3.63) is 29.8 Å². The average Bonchev–Trinajstić information content (AvgIpc) is 2.44. The minimum absolute atomic E-state index is 0.0500. The van der Waals surface area contributed by atoms with E-state index in [1.54, 1.807) is 27.0 Å². The van der Waals surface area contributed by atoms with Gasteiger partial charge in [-0.15, -0.1) is 0 Å². The Morgan fingerprint density at radius 3 is 2.57 bits per heavy atom. The van der Waals surface area contributed by atoms with Crippen LogP contribution in [0, 0.1) is 5.41 Å². The Morgan fingerprint density at radius 1 is 1.29 bits per heavy atom. The Kier molecular flexibility index (Phi) is 6.17. The first-order chi connectivity index (χ1) is 9.86. The highest BCUT2D eigenvalue weighted by Crippen LogP contribution is 2.16. The zero-order valence-electron chi connectivity index (χ0n) is 12.6. The average molecular weight is 294 g/mol. The van der Waals surface area contributed by atoms with Crippen LogP contribution in [-0.4, -0.2) is 37.4 Å². The third-order valence-electron chi connectivity index (χ3n) is 3.11. The van der Waals surface area contributed by atoms with Gasteiger partial charge in [-0.05, 0) is 31.9 Å². The number of para-hydroxylation sites is 1. The number of urea groups is 1. The summed E-state index contributed by atoms with van der Waals surface area (Å²) in [5.74, 6) is -0.955. The number of amides is 2. The van der Waals surface area contributed by atoms with Gasteiger partial charge in [-0.1, -0.05) is 18.2 Å². The van der Waals surface area contributed by atoms with Crippen molar-refractivity contribution < 1.29 is 19.4 Å². The van der Waals surface area contributed by atoms with Crippen LogP contribution in [0.2, 0.25) is 0 Å². The molecule has 1 aromatic rings. The van der Waals surface area contributed by atoms with Crippen LogP contribution in [-0.2, 0) is 16.0 Å². The van der Waals surface area contributed by atoms with Gasteiger partial charge in [0.2, 0.25) is 0 Å². The van der Waals surface area contributed by atoms with Gasteiger partial charge in [-0.25, -0.2) is 4.79 Å². The molecule has 0 radical (unpaired) electrons. The van der Waals surface area contributed by atoms with E-state index in [0.29, 0.717) is 18.7 Å². The molecule has 0 saturated carbocycles. The van der Waals surface area contributed by atoms with E-state index in [-0.39, 0.29) is 6.54 Å². The molecule has 0 atom stereocenters. The van der Waals surface area contributed by atoms with Gasteiger partial charge >= 0.3 is 12.0 Å². The molecule has 21 heavy (non-hydrogen) atoms. The number of methoxy groups -OCH3 is 1. The maximum absolute atomic E-state index is 11.9. The van der Waals surface area contributed by atoms with E-state index < -0.39 is 17.4 Å². The number of carboxylic acids is 1. The zero-order chi connectivity index (χ0) is 15.9. The van der Waals surface area contributed by atoms with Gasteiger partial charge in [0.25, 0.3) is 0 Å². The number of carboxylic acid groups (broad SMARTS) is 1. The quantitative estimate of drug-likeness (QED) is 0.718. The highest BCUT2D eigenvalue weighted by Gasteiger charge is 2.27. The summed E-state index contributed by atoms with van der Waals surface area (Å²) in [6.07, 6.45) is 0.688. The smallest absolute Gasteiger partial charge is 0.319 e. The maximum Gasteiger partial charge on any atom is 0.319 e. The summed E-state index contributed by atoms with van der Waals surface area (Å²) in [5, 5.41) is 14.3. The minimum Gasteiger partial charge on any atom is -0.481 e. The van der Waals surface area contributed by atoms with Crippen LogP contribution < -0.4 is 10.6 Å². The van der Waals surface area contributed by atoms with Crippen LogP contribution in [0.1, 0.15) is 19.4 Å². The number of anilines is 1. The number of aliphatic carboxylic acids is 1. The predicted octanol–water partition coefficient (Wildman–Crippen LogP) is 2.11. The molecule has 116 valence electrons. The molecule has 6 heteroatoms. The van der Waals surface area contributed by atoms with Crippen LogP contribution in [0.25, 0.3) is 0 Å². The number of rotatable bonds is 7. The summed E-state index contributed by atoms with van der Waals surface area (Å²) < 4.78 is 5.03. The number of hydrogen-bond acceptors (Lipinski definition) is 3. The highest BCUT2D eigenvalue weighted by molar-refractivity contribution is 5.90. The summed E-state index contributed by atoms with van der Waals surface area (Å²) in [5.41, 5.74) is 0.652. The SMILES string of the molecule is COCCc1ccccc1NC(=O)NCC(C)(C)C(=O)O. The first kappa shape index (κ1) is 17.0. The summed E-state index contributed by atoms with van der Waals surface area (Å²) in [6, 6.07) is 7.01. The molecular formula is C15H22N2O4. The largest absolute Gasteiger partial charge is 0.481 e. The van der Waals surface area contributed by atoms with Crippen molar-refractivity contribution in [2.24, 2.45) is 5.41 Å². The predicted molar refractivity (Wildman–Crippen MR) is 80.5 cm³/mol. The van der Waals surface area contributed by atoms with Crippen molar-refractivity contribution in [3.63, 3.8) is 0 Å². The normalized spacial score (nSPS) is 11.0. The Labute approximate surface area is 124 Å². The van der Waals surface area contributed by atoms with Gasteiger partial charge in [-0.3, -0.25) is 4.79 Å². The fraction of sp³-hybridized carbons (Fsp3) is 0.467. The minimum atomic E-state index is -1.01. The molecule has 0 heterocycles. The topological polar surface area (TPSA) is 87.7 Å². The summed E-state index contributed by atoms with van der Waals surface area (Å²) >= 11 is 0. The van der Waals surface area contributed by atoms with E-state index >= 15 is 0 Å². The lowest BCUT2D eigenvalue weighted by atomic mass is 9.94. The monoisotopic (exact) mass is 294 g/mol. The first-order valence-electron chi connectivity index (χ1n) is 6.72. The summed E-state index contributed by atoms with van der Waals surface area (Å²) in [4.78, 5) is 22.8. The van der Waals surface area contributed by atoms with Gasteiger partial charge in [0.15, 0.2) is 0 Å². The third kappa shape index (κ3) is 5.43. The lowest BCUT2D eigenvalue weighted by Gasteiger charge is -2.20. The second-order valence-electron chi connectivity index (χ2n) is 5.40. The molecule has 0 bridgehead atoms. The molecule has 0 aliphatic rings. The molecule has 1 rings (SSSR count). The fourth-order valence-electron chi connectivity index (χ4n) is 1.62. The zero-order valence-corrected chi connectivity index (χ0v) is 12.6. The van der Waals surface area contributed by atoms with Crippen molar-refractivity contribution in [1.82, 2.24) is 5.32 Å². The van der Waals surface area contributed by atoms with Crippen LogP contribution >= 0.6 is 0 Å². The second kappa shape index (κ2) is 7.64. The van der Waals surface area contributed by atoms with Crippen LogP contribution in [0.5, 0.6) is 0 Å². The first-order valence-corrected chi connectivity index (χ1v) is 6.72. The molecule has 0 unspecified atom stereocenters. The molecule has 0 fully saturated rings. The third-order valence-corrected chi connectivity index (χ3v) is 3.11. The van der Waals surface area contributed by atoms with Crippen molar-refractivity contribution >= 4 is 17.7 Å². The van der Waals surface area contributed by atoms with Crippen molar-refractivity contribution in [3.8, 4) is 0 Å². The molecule has 0 saturated heterocycles. The van der Waals surface area contributed by atoms with Crippen LogP contribution in [0.15, 0.2) is 24.3 Å². The number of ether oxygens (including phenoxy) is 1. The summed E-state index contributed by atoms with van der Waals surface area (Å²) in [7, 11) is 1.62. The molecule has 6 nitrogen and oxygen atoms in total. The standard InChI is InChI=1S/C15H22N2O4/c1-15(2,13(18)19)10-16-14(20)17-12-7-5-4-6-11(12)8-9-21-3/h4-7H,8-10H2,1-3H3,(H,18,19)(H2,16,17,20). The fourth-order valence-corrected chi connectivity index (χ4v) is 1.62. The second-order valence-corrected chi connectivity index (χ2v) is 5.40. The number of benzene rings is 1. The van der Waals surface area contributed by atoms with E-state index in [4.69, 9.17) is 9.84 Å². The Morgan fingerprint density at radius 2 is 1.95 bits per heavy atom. The van der Waals surface area contributed by atoms with Gasteiger partial charge < -0.3 is 20.5 Å². The van der Waals surface area contributed by atoms with E-state index in [1.165, 1.54) is 0 Å². The Bertz CT molecular complexity index is 500. The van der Waals surface area contributed by atoms with E-state index in [1.807, 2.05) is 18.2 Å². The number of hydrogen-bond donors (Lipinski definition) is 3. The number of nitrogens with one attached hydrogen (secondary N) is 2. The lowest BCUT2D eigenvalue weighted by molar-refractivity contribution is -0.146. The number of carbonyl (C=O) groups excluding carboxylic acids is 1.